The van der Waals surface area contributed by atoms with Crippen LogP contribution in [0.25, 0.3) is 11.2 Å². The summed E-state index contributed by atoms with van der Waals surface area (Å²) in [6.45, 7) is 1.60. The number of anilines is 1. The van der Waals surface area contributed by atoms with Gasteiger partial charge in [-0.05, 0) is 48.9 Å². The molecule has 0 aliphatic carbocycles. The lowest BCUT2D eigenvalue weighted by Crippen LogP contribution is -2.40. The number of benzene rings is 1. The van der Waals surface area contributed by atoms with E-state index >= 15 is 0 Å². The number of carbonyl (C=O) groups is 1. The Morgan fingerprint density at radius 1 is 1.21 bits per heavy atom. The molecule has 0 saturated carbocycles. The summed E-state index contributed by atoms with van der Waals surface area (Å²) in [6, 6.07) is 6.94. The minimum Gasteiger partial charge on any atom is -0.497 e. The van der Waals surface area contributed by atoms with Crippen molar-refractivity contribution in [2.45, 2.75) is 25.8 Å². The number of hydrogen-bond donors (Lipinski definition) is 1. The molecule has 1 aliphatic rings. The maximum absolute atomic E-state index is 12.4. The molecule has 0 bridgehead atoms. The topological polar surface area (TPSA) is 108 Å². The van der Waals surface area contributed by atoms with Crippen LogP contribution < -0.4 is 15.2 Å². The van der Waals surface area contributed by atoms with E-state index in [1.54, 1.807) is 47.2 Å². The fourth-order valence-electron chi connectivity index (χ4n) is 3.64. The van der Waals surface area contributed by atoms with E-state index in [4.69, 9.17) is 21.6 Å². The van der Waals surface area contributed by atoms with Gasteiger partial charge in [-0.25, -0.2) is 19.7 Å². The Bertz CT molecular complexity index is 1240. The van der Waals surface area contributed by atoms with Gasteiger partial charge in [0.25, 0.3) is 0 Å². The molecule has 33 heavy (non-hydrogen) atoms. The van der Waals surface area contributed by atoms with Gasteiger partial charge in [-0.1, -0.05) is 11.8 Å². The molecule has 168 valence electrons. The lowest BCUT2D eigenvalue weighted by molar-refractivity contribution is 0.131. The number of rotatable bonds is 4. The zero-order chi connectivity index (χ0) is 23.2. The fourth-order valence-corrected chi connectivity index (χ4v) is 3.64. The maximum atomic E-state index is 12.4. The molecule has 3 aromatic rings. The standard InChI is InChI=1S/C24H24N6O3/c1-3-13-30-16-26-21-22(25)27-20(28-23(21)30)6-4-5-17-11-14-29(15-12-17)24(31)33-19-9-7-18(32-2)8-10-19/h1,7-10,16-17H,5,11-15H2,2H3,(H2,25,27,28). The number of nitrogens with zero attached hydrogens (tertiary/aromatic N) is 5. The van der Waals surface area contributed by atoms with Crippen molar-refractivity contribution in [3.8, 4) is 35.7 Å². The number of fused-ring (bicyclic) bond motifs is 1. The van der Waals surface area contributed by atoms with Gasteiger partial charge in [0, 0.05) is 19.5 Å². The zero-order valence-electron chi connectivity index (χ0n) is 18.3. The first kappa shape index (κ1) is 22.0. The van der Waals surface area contributed by atoms with Crippen LogP contribution in [0.3, 0.4) is 0 Å². The van der Waals surface area contributed by atoms with Gasteiger partial charge in [-0.2, -0.15) is 0 Å². The second-order valence-corrected chi connectivity index (χ2v) is 7.66. The molecule has 1 aromatic carbocycles. The molecule has 1 saturated heterocycles. The molecule has 9 heteroatoms. The van der Waals surface area contributed by atoms with Crippen molar-refractivity contribution in [1.82, 2.24) is 24.4 Å². The van der Waals surface area contributed by atoms with Gasteiger partial charge < -0.3 is 24.7 Å². The van der Waals surface area contributed by atoms with Gasteiger partial charge in [0.15, 0.2) is 11.5 Å². The van der Waals surface area contributed by atoms with Gasteiger partial charge in [-0.3, -0.25) is 0 Å². The van der Waals surface area contributed by atoms with Crippen LogP contribution in [0.2, 0.25) is 0 Å². The minimum absolute atomic E-state index is 0.281. The zero-order valence-corrected chi connectivity index (χ0v) is 18.3. The van der Waals surface area contributed by atoms with Crippen molar-refractivity contribution < 1.29 is 14.3 Å². The molecule has 3 heterocycles. The number of piperidine rings is 1. The Morgan fingerprint density at radius 2 is 1.94 bits per heavy atom. The van der Waals surface area contributed by atoms with Gasteiger partial charge in [0.1, 0.15) is 17.0 Å². The third-order valence-electron chi connectivity index (χ3n) is 5.48. The third-order valence-corrected chi connectivity index (χ3v) is 5.48. The molecule has 2 N–H and O–H groups in total. The molecule has 0 unspecified atom stereocenters. The van der Waals surface area contributed by atoms with E-state index in [-0.39, 0.29) is 11.9 Å². The molecule has 0 radical (unpaired) electrons. The first-order valence-electron chi connectivity index (χ1n) is 10.6. The van der Waals surface area contributed by atoms with Crippen LogP contribution in [-0.2, 0) is 6.54 Å². The summed E-state index contributed by atoms with van der Waals surface area (Å²) < 4.78 is 12.3. The number of terminal acetylenes is 1. The fraction of sp³-hybridized carbons (Fsp3) is 0.333. The summed E-state index contributed by atoms with van der Waals surface area (Å²) in [5.74, 6) is 10.9. The van der Waals surface area contributed by atoms with E-state index in [2.05, 4.69) is 32.7 Å². The second kappa shape index (κ2) is 9.92. The molecule has 0 atom stereocenters. The van der Waals surface area contributed by atoms with E-state index in [1.807, 2.05) is 0 Å². The highest BCUT2D eigenvalue weighted by molar-refractivity contribution is 5.82. The predicted molar refractivity (Wildman–Crippen MR) is 123 cm³/mol. The lowest BCUT2D eigenvalue weighted by Gasteiger charge is -2.30. The Kier molecular flexibility index (Phi) is 6.61. The molecule has 2 aromatic heterocycles. The largest absolute Gasteiger partial charge is 0.497 e. The third kappa shape index (κ3) is 5.16. The van der Waals surface area contributed by atoms with Crippen LogP contribution in [0.15, 0.2) is 30.6 Å². The number of hydrogen-bond acceptors (Lipinski definition) is 7. The summed E-state index contributed by atoms with van der Waals surface area (Å²) in [6.07, 6.45) is 9.03. The van der Waals surface area contributed by atoms with E-state index in [9.17, 15) is 4.79 Å². The van der Waals surface area contributed by atoms with E-state index in [0.717, 1.165) is 12.8 Å². The molecular formula is C24H24N6O3. The summed E-state index contributed by atoms with van der Waals surface area (Å²) >= 11 is 0. The smallest absolute Gasteiger partial charge is 0.415 e. The van der Waals surface area contributed by atoms with E-state index in [0.29, 0.717) is 60.5 Å². The number of likely N-dealkylation sites (tertiary alicyclic amines) is 1. The summed E-state index contributed by atoms with van der Waals surface area (Å²) in [5, 5.41) is 0. The average Bonchev–Trinajstić information content (AvgIpc) is 3.23. The monoisotopic (exact) mass is 444 g/mol. The first-order chi connectivity index (χ1) is 16.1. The Morgan fingerprint density at radius 3 is 2.64 bits per heavy atom. The van der Waals surface area contributed by atoms with Gasteiger partial charge >= 0.3 is 6.09 Å². The summed E-state index contributed by atoms with van der Waals surface area (Å²) in [5.41, 5.74) is 7.09. The number of ether oxygens (including phenoxy) is 2. The number of amides is 1. The first-order valence-corrected chi connectivity index (χ1v) is 10.6. The maximum Gasteiger partial charge on any atom is 0.415 e. The Labute approximate surface area is 191 Å². The van der Waals surface area contributed by atoms with Gasteiger partial charge in [-0.15, -0.1) is 6.42 Å². The summed E-state index contributed by atoms with van der Waals surface area (Å²) in [4.78, 5) is 27.0. The highest BCUT2D eigenvalue weighted by atomic mass is 16.6. The average molecular weight is 444 g/mol. The highest BCUT2D eigenvalue weighted by Crippen LogP contribution is 2.23. The van der Waals surface area contributed by atoms with Crippen LogP contribution in [0, 0.1) is 30.1 Å². The quantitative estimate of drug-likeness (QED) is 0.616. The van der Waals surface area contributed by atoms with E-state index < -0.39 is 0 Å². The SMILES string of the molecule is C#CCn1cnc2c(N)nc(C#CCC3CCN(C(=O)Oc4ccc(OC)cc4)CC3)nc21. The van der Waals surface area contributed by atoms with Crippen LogP contribution in [-0.4, -0.2) is 50.7 Å². The molecular weight excluding hydrogens is 420 g/mol. The van der Waals surface area contributed by atoms with Crippen LogP contribution in [0.5, 0.6) is 11.5 Å². The molecule has 4 rings (SSSR count). The van der Waals surface area contributed by atoms with Crippen molar-refractivity contribution >= 4 is 23.1 Å². The normalized spacial score (nSPS) is 13.8. The number of nitrogens with two attached hydrogens (primary N) is 1. The number of aromatic nitrogens is 4. The minimum atomic E-state index is -0.342. The Hall–Kier alpha value is -4.24. The molecule has 1 aliphatic heterocycles. The molecule has 1 amide bonds. The van der Waals surface area contributed by atoms with Crippen LogP contribution in [0.4, 0.5) is 10.6 Å². The number of methoxy groups -OCH3 is 1. The van der Waals surface area contributed by atoms with E-state index in [1.165, 1.54) is 0 Å². The predicted octanol–water partition coefficient (Wildman–Crippen LogP) is 2.70. The second-order valence-electron chi connectivity index (χ2n) is 7.66. The van der Waals surface area contributed by atoms with Crippen molar-refractivity contribution in [3.63, 3.8) is 0 Å². The van der Waals surface area contributed by atoms with Crippen molar-refractivity contribution in [2.75, 3.05) is 25.9 Å². The summed E-state index contributed by atoms with van der Waals surface area (Å²) in [7, 11) is 1.59. The molecule has 0 spiro atoms. The highest BCUT2D eigenvalue weighted by Gasteiger charge is 2.23. The van der Waals surface area contributed by atoms with Gasteiger partial charge in [0.05, 0.1) is 20.0 Å². The molecule has 9 nitrogen and oxygen atoms in total. The lowest BCUT2D eigenvalue weighted by atomic mass is 9.94. The van der Waals surface area contributed by atoms with Crippen molar-refractivity contribution in [2.24, 2.45) is 5.92 Å². The van der Waals surface area contributed by atoms with Crippen LogP contribution >= 0.6 is 0 Å². The van der Waals surface area contributed by atoms with Gasteiger partial charge in [0.2, 0.25) is 5.82 Å². The van der Waals surface area contributed by atoms with Crippen LogP contribution in [0.1, 0.15) is 25.1 Å². The van der Waals surface area contributed by atoms with Crippen molar-refractivity contribution in [1.29, 1.82) is 0 Å². The number of carbonyl (C=O) groups excluding carboxylic acids is 1. The number of imidazole rings is 1. The molecule has 1 fully saturated rings. The Balaban J connectivity index is 1.30. The number of nitrogen functional groups attached to an aromatic ring is 1. The van der Waals surface area contributed by atoms with Crippen molar-refractivity contribution in [3.05, 3.63) is 36.4 Å².